The zero-order chi connectivity index (χ0) is 13.1. The van der Waals surface area contributed by atoms with Gasteiger partial charge in [0.1, 0.15) is 19.0 Å². The first-order valence-electron chi connectivity index (χ1n) is 4.52. The molecule has 0 aliphatic heterocycles. The van der Waals surface area contributed by atoms with Gasteiger partial charge in [-0.05, 0) is 16.2 Å². The third-order valence-electron chi connectivity index (χ3n) is 1.99. The van der Waals surface area contributed by atoms with E-state index in [-0.39, 0.29) is 4.90 Å². The molecule has 0 heterocycles. The van der Waals surface area contributed by atoms with Gasteiger partial charge in [-0.15, -0.1) is 0 Å². The van der Waals surface area contributed by atoms with Crippen molar-refractivity contribution >= 4 is 28.5 Å². The molecule has 1 aromatic rings. The Labute approximate surface area is 105 Å². The number of benzene rings is 1. The van der Waals surface area contributed by atoms with Gasteiger partial charge in [0.2, 0.25) is 0 Å². The van der Waals surface area contributed by atoms with Gasteiger partial charge in [-0.1, -0.05) is 22.6 Å². The molecule has 0 unspecified atom stereocenters. The van der Waals surface area contributed by atoms with E-state index in [1.54, 1.807) is 18.2 Å². The van der Waals surface area contributed by atoms with Crippen LogP contribution < -0.4 is 0 Å². The Morgan fingerprint density at radius 1 is 1.29 bits per heavy atom. The molecule has 0 fully saturated rings. The smallest absolute Gasteiger partial charge is 0.233 e. The molecule has 0 saturated heterocycles. The van der Waals surface area contributed by atoms with Crippen LogP contribution in [0.5, 0.6) is 0 Å². The maximum absolute atomic E-state index is 12.1. The van der Waals surface area contributed by atoms with Crippen molar-refractivity contribution in [3.8, 4) is 0 Å². The number of carbonyl (C=O) groups is 1. The van der Waals surface area contributed by atoms with E-state index in [1.165, 1.54) is 26.2 Å². The van der Waals surface area contributed by atoms with Crippen LogP contribution in [0.3, 0.4) is 0 Å². The van der Waals surface area contributed by atoms with Gasteiger partial charge in [0.05, 0.1) is 0 Å². The van der Waals surface area contributed by atoms with Crippen molar-refractivity contribution in [3.05, 3.63) is 30.3 Å². The summed E-state index contributed by atoms with van der Waals surface area (Å²) in [5, 5.41) is 0. The van der Waals surface area contributed by atoms with Gasteiger partial charge < -0.3 is 0 Å². The number of amides is 1. The topological polar surface area (TPSA) is 72.8 Å². The van der Waals surface area contributed by atoms with E-state index in [0.29, 0.717) is 0 Å². The summed E-state index contributed by atoms with van der Waals surface area (Å²) in [4.78, 5) is 15.6. The lowest BCUT2D eigenvalue weighted by atomic mass is 10.4. The molecule has 1 rings (SSSR count). The summed E-state index contributed by atoms with van der Waals surface area (Å²) in [7, 11) is -1.44. The number of quaternary nitrogens is 1. The average Bonchev–Trinajstić information content (AvgIpc) is 2.29. The summed E-state index contributed by atoms with van der Waals surface area (Å²) in [5.74, 6) is 0. The first kappa shape index (κ1) is 13.7. The minimum Gasteiger partial charge on any atom is -0.233 e. The third kappa shape index (κ3) is 2.84. The van der Waals surface area contributed by atoms with Crippen molar-refractivity contribution in [2.75, 3.05) is 14.1 Å². The largest absolute Gasteiger partial charge is 0.500 e. The minimum absolute atomic E-state index is 0.0437. The number of sulfonamides is 1. The average molecular weight is 275 g/mol. The second-order valence-electron chi connectivity index (χ2n) is 3.49. The molecule has 8 heteroatoms. The van der Waals surface area contributed by atoms with Gasteiger partial charge in [-0.2, -0.15) is 8.42 Å². The van der Waals surface area contributed by atoms with Crippen LogP contribution in [-0.2, 0) is 27.3 Å². The van der Waals surface area contributed by atoms with Crippen LogP contribution in [0.15, 0.2) is 39.6 Å². The van der Waals surface area contributed by atoms with Crippen molar-refractivity contribution in [2.45, 2.75) is 4.90 Å². The fraction of sp³-hybridized carbons (Fsp3) is 0.222. The van der Waals surface area contributed by atoms with Gasteiger partial charge in [-0.25, -0.2) is 9.63 Å². The highest BCUT2D eigenvalue weighted by Crippen LogP contribution is 2.20. The van der Waals surface area contributed by atoms with Crippen molar-refractivity contribution in [1.29, 1.82) is 0 Å². The Morgan fingerprint density at radius 3 is 2.29 bits per heavy atom. The van der Waals surface area contributed by atoms with Crippen LogP contribution in [0.1, 0.15) is 0 Å². The van der Waals surface area contributed by atoms with E-state index < -0.39 is 20.2 Å². The Bertz CT molecular complexity index is 525. The van der Waals surface area contributed by atoms with Crippen LogP contribution in [0.25, 0.3) is 0 Å². The van der Waals surface area contributed by atoms with Gasteiger partial charge in [0, 0.05) is 12.4 Å². The van der Waals surface area contributed by atoms with Gasteiger partial charge in [0.25, 0.3) is 0 Å². The summed E-state index contributed by atoms with van der Waals surface area (Å²) < 4.78 is 26.1. The van der Waals surface area contributed by atoms with Crippen molar-refractivity contribution in [3.63, 3.8) is 0 Å². The number of hydrogen-bond donors (Lipinski definition) is 0. The van der Waals surface area contributed by atoms with Crippen molar-refractivity contribution in [1.82, 2.24) is 0 Å². The molecule has 0 radical (unpaired) electrons. The maximum Gasteiger partial charge on any atom is 0.500 e. The molecule has 0 aliphatic rings. The van der Waals surface area contributed by atoms with Crippen LogP contribution >= 0.6 is 0 Å². The fourth-order valence-electron chi connectivity index (χ4n) is 1.10. The molecule has 0 spiro atoms. The molecule has 0 atom stereocenters. The van der Waals surface area contributed by atoms with Crippen molar-refractivity contribution < 1.29 is 22.1 Å². The van der Waals surface area contributed by atoms with Gasteiger partial charge in [0.15, 0.2) is 0 Å². The lowest BCUT2D eigenvalue weighted by Gasteiger charge is -2.23. The lowest BCUT2D eigenvalue weighted by Crippen LogP contribution is -2.46. The first-order valence-corrected chi connectivity index (χ1v) is 6.33. The molecule has 0 N–H and O–H groups in total. The normalized spacial score (nSPS) is 11.9. The SMILES string of the molecule is C[N+](C)(OC(=O)N=S)S(=O)(=O)c1ccccc1. The molecular weight excluding hydrogens is 264 g/mol. The summed E-state index contributed by atoms with van der Waals surface area (Å²) in [6.45, 7) is 0. The maximum atomic E-state index is 12.1. The Morgan fingerprint density at radius 2 is 1.82 bits per heavy atom. The van der Waals surface area contributed by atoms with E-state index >= 15 is 0 Å². The van der Waals surface area contributed by atoms with Crippen LogP contribution in [-0.4, -0.2) is 32.7 Å². The van der Waals surface area contributed by atoms with Crippen molar-refractivity contribution in [2.24, 2.45) is 4.36 Å². The Kier molecular flexibility index (Phi) is 3.91. The first-order chi connectivity index (χ1) is 7.81. The number of hydroxylamine groups is 2. The van der Waals surface area contributed by atoms with Crippen LogP contribution in [0, 0.1) is 0 Å². The molecule has 92 valence electrons. The standard InChI is InChI=1S/C9H11N2O4S2/c1-11(2,15-9(12)10-16)17(13,14)8-6-4-3-5-7-8/h3-7H,1-2H3/q+1. The van der Waals surface area contributed by atoms with E-state index in [0.717, 1.165) is 0 Å². The lowest BCUT2D eigenvalue weighted by molar-refractivity contribution is -0.953. The highest BCUT2D eigenvalue weighted by atomic mass is 32.2. The molecule has 1 amide bonds. The minimum atomic E-state index is -3.86. The third-order valence-corrected chi connectivity index (χ3v) is 4.24. The molecular formula is C9H11N2O4S2+. The van der Waals surface area contributed by atoms with Crippen LogP contribution in [0.2, 0.25) is 0 Å². The van der Waals surface area contributed by atoms with E-state index in [9.17, 15) is 13.2 Å². The second-order valence-corrected chi connectivity index (χ2v) is 5.97. The quantitative estimate of drug-likeness (QED) is 0.613. The van der Waals surface area contributed by atoms with Gasteiger partial charge in [-0.3, -0.25) is 0 Å². The summed E-state index contributed by atoms with van der Waals surface area (Å²) in [6.07, 6.45) is -1.12. The highest BCUT2D eigenvalue weighted by molar-refractivity contribution is 7.85. The van der Waals surface area contributed by atoms with E-state index in [4.69, 9.17) is 0 Å². The monoisotopic (exact) mass is 275 g/mol. The van der Waals surface area contributed by atoms with E-state index in [2.05, 4.69) is 21.6 Å². The predicted octanol–water partition coefficient (Wildman–Crippen LogP) is 1.23. The Balaban J connectivity index is 3.14. The number of nitrogens with zero attached hydrogens (tertiary/aromatic N) is 2. The molecule has 0 saturated carbocycles. The van der Waals surface area contributed by atoms with Gasteiger partial charge >= 0.3 is 16.1 Å². The molecule has 0 bridgehead atoms. The molecule has 1 aromatic carbocycles. The fourth-order valence-corrected chi connectivity index (χ4v) is 2.30. The summed E-state index contributed by atoms with van der Waals surface area (Å²) >= 11 is 4.13. The molecule has 17 heavy (non-hydrogen) atoms. The number of carbonyl (C=O) groups excluding carboxylic acids is 1. The number of rotatable bonds is 3. The molecule has 0 aromatic heterocycles. The highest BCUT2D eigenvalue weighted by Gasteiger charge is 2.39. The predicted molar refractivity (Wildman–Crippen MR) is 62.0 cm³/mol. The van der Waals surface area contributed by atoms with Crippen LogP contribution in [0.4, 0.5) is 4.79 Å². The summed E-state index contributed by atoms with van der Waals surface area (Å²) in [5.41, 5.74) is 0. The molecule has 0 aliphatic carbocycles. The summed E-state index contributed by atoms with van der Waals surface area (Å²) in [6, 6.07) is 7.66. The Hall–Kier alpha value is -1.38. The zero-order valence-corrected chi connectivity index (χ0v) is 10.9. The second kappa shape index (κ2) is 4.86. The zero-order valence-electron chi connectivity index (χ0n) is 9.23. The van der Waals surface area contributed by atoms with E-state index in [1.807, 2.05) is 0 Å². The number of hydrogen-bond acceptors (Lipinski definition) is 5. The molecule has 6 nitrogen and oxygen atoms in total.